The molecule has 4 rings (SSSR count). The van der Waals surface area contributed by atoms with E-state index in [1.54, 1.807) is 53.4 Å². The van der Waals surface area contributed by atoms with Gasteiger partial charge in [-0.05, 0) is 55.7 Å². The molecule has 160 valence electrons. The molecule has 2 aromatic carbocycles. The van der Waals surface area contributed by atoms with E-state index in [2.05, 4.69) is 10.6 Å². The largest absolute Gasteiger partial charge is 0.452 e. The molecule has 1 aliphatic heterocycles. The van der Waals surface area contributed by atoms with Gasteiger partial charge in [0.05, 0.1) is 16.8 Å². The van der Waals surface area contributed by atoms with E-state index in [1.165, 1.54) is 0 Å². The normalized spacial score (nSPS) is 15.5. The molecule has 0 spiro atoms. The molecule has 3 amide bonds. The summed E-state index contributed by atoms with van der Waals surface area (Å²) in [5.41, 5.74) is 1.74. The van der Waals surface area contributed by atoms with E-state index in [1.807, 2.05) is 0 Å². The minimum atomic E-state index is -0.644. The SMILES string of the molecule is O=C(COC(=O)c1ccc(N2CCCC2=O)cc1)Nc1ccccc1C(=O)NC1CC1. The number of para-hydroxylation sites is 1. The molecule has 1 saturated heterocycles. The van der Waals surface area contributed by atoms with E-state index in [4.69, 9.17) is 4.74 Å². The maximum Gasteiger partial charge on any atom is 0.338 e. The highest BCUT2D eigenvalue weighted by molar-refractivity contribution is 6.04. The summed E-state index contributed by atoms with van der Waals surface area (Å²) in [4.78, 5) is 50.3. The summed E-state index contributed by atoms with van der Waals surface area (Å²) in [5, 5.41) is 5.50. The van der Waals surface area contributed by atoms with Crippen molar-refractivity contribution in [1.29, 1.82) is 0 Å². The maximum absolute atomic E-state index is 12.3. The Kier molecular flexibility index (Phi) is 5.97. The number of anilines is 2. The molecule has 0 unspecified atom stereocenters. The minimum absolute atomic E-state index is 0.0677. The molecule has 8 heteroatoms. The predicted octanol–water partition coefficient (Wildman–Crippen LogP) is 2.50. The van der Waals surface area contributed by atoms with Crippen molar-refractivity contribution in [2.75, 3.05) is 23.4 Å². The lowest BCUT2D eigenvalue weighted by Gasteiger charge is -2.15. The van der Waals surface area contributed by atoms with Crippen LogP contribution in [0.3, 0.4) is 0 Å². The van der Waals surface area contributed by atoms with Crippen molar-refractivity contribution in [3.63, 3.8) is 0 Å². The van der Waals surface area contributed by atoms with Crippen LogP contribution < -0.4 is 15.5 Å². The van der Waals surface area contributed by atoms with Crippen molar-refractivity contribution in [3.8, 4) is 0 Å². The van der Waals surface area contributed by atoms with Gasteiger partial charge in [0, 0.05) is 24.7 Å². The molecule has 2 aromatic rings. The van der Waals surface area contributed by atoms with Crippen molar-refractivity contribution in [3.05, 3.63) is 59.7 Å². The van der Waals surface area contributed by atoms with E-state index >= 15 is 0 Å². The smallest absolute Gasteiger partial charge is 0.338 e. The summed E-state index contributed by atoms with van der Waals surface area (Å²) in [6.07, 6.45) is 3.28. The Hall–Kier alpha value is -3.68. The highest BCUT2D eigenvalue weighted by atomic mass is 16.5. The second-order valence-corrected chi connectivity index (χ2v) is 7.61. The van der Waals surface area contributed by atoms with Gasteiger partial charge >= 0.3 is 5.97 Å². The Morgan fingerprint density at radius 1 is 1.03 bits per heavy atom. The van der Waals surface area contributed by atoms with Gasteiger partial charge < -0.3 is 20.3 Å². The van der Waals surface area contributed by atoms with E-state index < -0.39 is 18.5 Å². The van der Waals surface area contributed by atoms with Gasteiger partial charge in [-0.25, -0.2) is 4.79 Å². The molecule has 0 bridgehead atoms. The number of rotatable bonds is 7. The number of hydrogen-bond donors (Lipinski definition) is 2. The Morgan fingerprint density at radius 3 is 2.45 bits per heavy atom. The Labute approximate surface area is 179 Å². The molecule has 2 aliphatic rings. The maximum atomic E-state index is 12.3. The molecule has 31 heavy (non-hydrogen) atoms. The Balaban J connectivity index is 1.31. The zero-order valence-corrected chi connectivity index (χ0v) is 16.9. The first-order chi connectivity index (χ1) is 15.0. The average Bonchev–Trinajstić information content (AvgIpc) is 3.49. The predicted molar refractivity (Wildman–Crippen MR) is 114 cm³/mol. The molecule has 2 N–H and O–H groups in total. The highest BCUT2D eigenvalue weighted by Gasteiger charge is 2.25. The second kappa shape index (κ2) is 8.99. The summed E-state index contributed by atoms with van der Waals surface area (Å²) in [6.45, 7) is 0.187. The molecule has 0 radical (unpaired) electrons. The number of amides is 3. The molecule has 1 saturated carbocycles. The van der Waals surface area contributed by atoms with Gasteiger partial charge in [-0.3, -0.25) is 14.4 Å². The van der Waals surface area contributed by atoms with Crippen molar-refractivity contribution < 1.29 is 23.9 Å². The van der Waals surface area contributed by atoms with Gasteiger partial charge in [0.25, 0.3) is 11.8 Å². The first kappa shape index (κ1) is 20.6. The van der Waals surface area contributed by atoms with E-state index in [0.717, 1.165) is 24.9 Å². The summed E-state index contributed by atoms with van der Waals surface area (Å²) in [6, 6.07) is 13.4. The van der Waals surface area contributed by atoms with Crippen LogP contribution in [0, 0.1) is 0 Å². The third-order valence-corrected chi connectivity index (χ3v) is 5.18. The standard InChI is InChI=1S/C23H23N3O5/c27-20(25-19-5-2-1-4-18(19)22(29)24-16-9-10-16)14-31-23(30)15-7-11-17(12-8-15)26-13-3-6-21(26)28/h1-2,4-5,7-8,11-12,16H,3,6,9-10,13-14H2,(H,24,29)(H,25,27). The van der Waals surface area contributed by atoms with Crippen LogP contribution in [0.2, 0.25) is 0 Å². The third-order valence-electron chi connectivity index (χ3n) is 5.18. The van der Waals surface area contributed by atoms with Crippen LogP contribution >= 0.6 is 0 Å². The number of carbonyl (C=O) groups excluding carboxylic acids is 4. The highest BCUT2D eigenvalue weighted by Crippen LogP contribution is 2.23. The summed E-state index contributed by atoms with van der Waals surface area (Å²) < 4.78 is 5.09. The molecular formula is C23H23N3O5. The molecule has 1 heterocycles. The number of nitrogens with zero attached hydrogens (tertiary/aromatic N) is 1. The van der Waals surface area contributed by atoms with Gasteiger partial charge in [-0.15, -0.1) is 0 Å². The average molecular weight is 421 g/mol. The van der Waals surface area contributed by atoms with Crippen molar-refractivity contribution in [2.45, 2.75) is 31.7 Å². The second-order valence-electron chi connectivity index (χ2n) is 7.61. The van der Waals surface area contributed by atoms with Crippen LogP contribution in [0.15, 0.2) is 48.5 Å². The monoisotopic (exact) mass is 421 g/mol. The first-order valence-electron chi connectivity index (χ1n) is 10.3. The summed E-state index contributed by atoms with van der Waals surface area (Å²) in [5.74, 6) is -1.36. The molecule has 2 fully saturated rings. The molecule has 0 atom stereocenters. The van der Waals surface area contributed by atoms with Crippen molar-refractivity contribution >= 4 is 35.1 Å². The van der Waals surface area contributed by atoms with E-state index in [0.29, 0.717) is 24.2 Å². The Bertz CT molecular complexity index is 1010. The van der Waals surface area contributed by atoms with Gasteiger partial charge in [0.15, 0.2) is 6.61 Å². The number of carbonyl (C=O) groups is 4. The summed E-state index contributed by atoms with van der Waals surface area (Å²) >= 11 is 0. The molecule has 1 aliphatic carbocycles. The zero-order chi connectivity index (χ0) is 21.8. The molecular weight excluding hydrogens is 398 g/mol. The van der Waals surface area contributed by atoms with Crippen LogP contribution in [0.4, 0.5) is 11.4 Å². The zero-order valence-electron chi connectivity index (χ0n) is 16.9. The number of nitrogens with one attached hydrogen (secondary N) is 2. The topological polar surface area (TPSA) is 105 Å². The van der Waals surface area contributed by atoms with Gasteiger partial charge in [0.1, 0.15) is 0 Å². The minimum Gasteiger partial charge on any atom is -0.452 e. The Morgan fingerprint density at radius 2 is 1.77 bits per heavy atom. The number of hydrogen-bond acceptors (Lipinski definition) is 5. The van der Waals surface area contributed by atoms with Crippen molar-refractivity contribution in [1.82, 2.24) is 5.32 Å². The van der Waals surface area contributed by atoms with E-state index in [9.17, 15) is 19.2 Å². The van der Waals surface area contributed by atoms with Crippen LogP contribution in [-0.4, -0.2) is 42.9 Å². The molecule has 0 aromatic heterocycles. The number of ether oxygens (including phenoxy) is 1. The first-order valence-corrected chi connectivity index (χ1v) is 10.3. The molecule has 8 nitrogen and oxygen atoms in total. The lowest BCUT2D eigenvalue weighted by Crippen LogP contribution is -2.28. The van der Waals surface area contributed by atoms with Crippen LogP contribution in [0.1, 0.15) is 46.4 Å². The van der Waals surface area contributed by atoms with E-state index in [-0.39, 0.29) is 23.4 Å². The fourth-order valence-corrected chi connectivity index (χ4v) is 3.38. The summed E-state index contributed by atoms with van der Waals surface area (Å²) in [7, 11) is 0. The quantitative estimate of drug-likeness (QED) is 0.669. The van der Waals surface area contributed by atoms with Crippen LogP contribution in [0.25, 0.3) is 0 Å². The van der Waals surface area contributed by atoms with Crippen LogP contribution in [-0.2, 0) is 14.3 Å². The van der Waals surface area contributed by atoms with Gasteiger partial charge in [-0.1, -0.05) is 12.1 Å². The fraction of sp³-hybridized carbons (Fsp3) is 0.304. The number of esters is 1. The lowest BCUT2D eigenvalue weighted by atomic mass is 10.1. The van der Waals surface area contributed by atoms with Gasteiger partial charge in [-0.2, -0.15) is 0 Å². The fourth-order valence-electron chi connectivity index (χ4n) is 3.38. The van der Waals surface area contributed by atoms with Crippen molar-refractivity contribution in [2.24, 2.45) is 0 Å². The van der Waals surface area contributed by atoms with Gasteiger partial charge in [0.2, 0.25) is 5.91 Å². The lowest BCUT2D eigenvalue weighted by molar-refractivity contribution is -0.119. The van der Waals surface area contributed by atoms with Crippen LogP contribution in [0.5, 0.6) is 0 Å². The third kappa shape index (κ3) is 5.09. The number of benzene rings is 2.